The van der Waals surface area contributed by atoms with Crippen molar-refractivity contribution >= 4 is 11.6 Å². The molecule has 1 aromatic rings. The van der Waals surface area contributed by atoms with Gasteiger partial charge in [-0.25, -0.2) is 4.68 Å². The third-order valence-corrected chi connectivity index (χ3v) is 1.85. The molecule has 0 saturated carbocycles. The van der Waals surface area contributed by atoms with E-state index in [1.807, 2.05) is 0 Å². The SMILES string of the molecule is COCCn1ncc(OC)c1Cl. The Kier molecular flexibility index (Phi) is 3.37. The van der Waals surface area contributed by atoms with Crippen LogP contribution in [0.1, 0.15) is 0 Å². The van der Waals surface area contributed by atoms with Crippen molar-refractivity contribution in [1.82, 2.24) is 9.78 Å². The number of nitrogens with zero attached hydrogens (tertiary/aromatic N) is 2. The topological polar surface area (TPSA) is 36.3 Å². The third kappa shape index (κ3) is 1.89. The second-order valence-corrected chi connectivity index (χ2v) is 2.58. The highest BCUT2D eigenvalue weighted by Crippen LogP contribution is 2.22. The number of hydrogen-bond donors (Lipinski definition) is 0. The van der Waals surface area contributed by atoms with Gasteiger partial charge >= 0.3 is 0 Å². The molecule has 0 N–H and O–H groups in total. The van der Waals surface area contributed by atoms with Crippen LogP contribution in [0, 0.1) is 0 Å². The molecule has 1 heterocycles. The molecule has 0 aromatic carbocycles. The van der Waals surface area contributed by atoms with Crippen LogP contribution >= 0.6 is 11.6 Å². The lowest BCUT2D eigenvalue weighted by Gasteiger charge is -2.01. The van der Waals surface area contributed by atoms with Gasteiger partial charge in [0.1, 0.15) is 0 Å². The van der Waals surface area contributed by atoms with Crippen molar-refractivity contribution in [1.29, 1.82) is 0 Å². The molecule has 0 unspecified atom stereocenters. The predicted octanol–water partition coefficient (Wildman–Crippen LogP) is 1.19. The number of ether oxygens (including phenoxy) is 2. The number of rotatable bonds is 4. The van der Waals surface area contributed by atoms with E-state index in [1.54, 1.807) is 25.1 Å². The Morgan fingerprint density at radius 3 is 2.83 bits per heavy atom. The summed E-state index contributed by atoms with van der Waals surface area (Å²) in [6, 6.07) is 0. The van der Waals surface area contributed by atoms with Crippen molar-refractivity contribution in [2.75, 3.05) is 20.8 Å². The molecule has 5 heteroatoms. The van der Waals surface area contributed by atoms with Crippen LogP contribution in [-0.4, -0.2) is 30.6 Å². The standard InChI is InChI=1S/C7H11ClN2O2/c1-11-4-3-10-7(8)6(12-2)5-9-10/h5H,3-4H2,1-2H3. The Labute approximate surface area is 76.0 Å². The van der Waals surface area contributed by atoms with Gasteiger partial charge in [0.05, 0.1) is 26.5 Å². The quantitative estimate of drug-likeness (QED) is 0.716. The lowest BCUT2D eigenvalue weighted by atomic mass is 10.6. The first-order chi connectivity index (χ1) is 5.79. The summed E-state index contributed by atoms with van der Waals surface area (Å²) in [6.45, 7) is 1.23. The molecule has 68 valence electrons. The van der Waals surface area contributed by atoms with Crippen LogP contribution in [0.15, 0.2) is 6.20 Å². The van der Waals surface area contributed by atoms with Crippen LogP contribution in [0.5, 0.6) is 5.75 Å². The first-order valence-electron chi connectivity index (χ1n) is 3.53. The Bertz CT molecular complexity index is 250. The average Bonchev–Trinajstić information content (AvgIpc) is 2.43. The second-order valence-electron chi connectivity index (χ2n) is 2.22. The van der Waals surface area contributed by atoms with E-state index in [4.69, 9.17) is 21.1 Å². The van der Waals surface area contributed by atoms with Gasteiger partial charge in [-0.15, -0.1) is 0 Å². The van der Waals surface area contributed by atoms with E-state index in [1.165, 1.54) is 0 Å². The fourth-order valence-electron chi connectivity index (χ4n) is 0.824. The maximum Gasteiger partial charge on any atom is 0.175 e. The molecule has 0 bridgehead atoms. The molecule has 0 aliphatic rings. The fraction of sp³-hybridized carbons (Fsp3) is 0.571. The second kappa shape index (κ2) is 4.33. The maximum absolute atomic E-state index is 5.88. The summed E-state index contributed by atoms with van der Waals surface area (Å²) in [4.78, 5) is 0. The first kappa shape index (κ1) is 9.35. The van der Waals surface area contributed by atoms with Gasteiger partial charge in [0.25, 0.3) is 0 Å². The van der Waals surface area contributed by atoms with Gasteiger partial charge < -0.3 is 9.47 Å². The fourth-order valence-corrected chi connectivity index (χ4v) is 1.08. The summed E-state index contributed by atoms with van der Waals surface area (Å²) >= 11 is 5.88. The maximum atomic E-state index is 5.88. The number of hydrogen-bond acceptors (Lipinski definition) is 3. The lowest BCUT2D eigenvalue weighted by Crippen LogP contribution is -2.05. The minimum Gasteiger partial charge on any atom is -0.492 e. The van der Waals surface area contributed by atoms with Gasteiger partial charge in [-0.3, -0.25) is 0 Å². The van der Waals surface area contributed by atoms with Gasteiger partial charge in [-0.2, -0.15) is 5.10 Å². The van der Waals surface area contributed by atoms with Gasteiger partial charge in [0.2, 0.25) is 0 Å². The van der Waals surface area contributed by atoms with Crippen molar-refractivity contribution in [2.45, 2.75) is 6.54 Å². The lowest BCUT2D eigenvalue weighted by molar-refractivity contribution is 0.183. The summed E-state index contributed by atoms with van der Waals surface area (Å²) in [5.74, 6) is 0.591. The Hall–Kier alpha value is -0.740. The molecule has 0 spiro atoms. The smallest absolute Gasteiger partial charge is 0.175 e. The number of aromatic nitrogens is 2. The van der Waals surface area contributed by atoms with Crippen molar-refractivity contribution < 1.29 is 9.47 Å². The summed E-state index contributed by atoms with van der Waals surface area (Å²) < 4.78 is 11.5. The molecule has 0 radical (unpaired) electrons. The van der Waals surface area contributed by atoms with Crippen molar-refractivity contribution in [2.24, 2.45) is 0 Å². The Morgan fingerprint density at radius 2 is 2.33 bits per heavy atom. The third-order valence-electron chi connectivity index (χ3n) is 1.47. The molecular weight excluding hydrogens is 180 g/mol. The largest absolute Gasteiger partial charge is 0.492 e. The van der Waals surface area contributed by atoms with Gasteiger partial charge in [-0.05, 0) is 0 Å². The van der Waals surface area contributed by atoms with Crippen LogP contribution in [-0.2, 0) is 11.3 Å². The summed E-state index contributed by atoms with van der Waals surface area (Å²) in [6.07, 6.45) is 1.58. The van der Waals surface area contributed by atoms with Crippen molar-refractivity contribution in [3.8, 4) is 5.75 Å². The predicted molar refractivity (Wildman–Crippen MR) is 45.7 cm³/mol. The van der Waals surface area contributed by atoms with Crippen LogP contribution in [0.2, 0.25) is 5.15 Å². The monoisotopic (exact) mass is 190 g/mol. The van der Waals surface area contributed by atoms with E-state index < -0.39 is 0 Å². The van der Waals surface area contributed by atoms with Crippen LogP contribution in [0.4, 0.5) is 0 Å². The van der Waals surface area contributed by atoms with Crippen molar-refractivity contribution in [3.05, 3.63) is 11.3 Å². The average molecular weight is 191 g/mol. The molecular formula is C7H11ClN2O2. The van der Waals surface area contributed by atoms with E-state index in [2.05, 4.69) is 5.10 Å². The number of halogens is 1. The molecule has 1 rings (SSSR count). The molecule has 1 aromatic heterocycles. The molecule has 0 fully saturated rings. The van der Waals surface area contributed by atoms with E-state index in [0.717, 1.165) is 0 Å². The zero-order valence-corrected chi connectivity index (χ0v) is 7.84. The minimum atomic E-state index is 0.509. The summed E-state index contributed by atoms with van der Waals surface area (Å²) in [5, 5.41) is 4.51. The minimum absolute atomic E-state index is 0.509. The van der Waals surface area contributed by atoms with E-state index in [0.29, 0.717) is 24.1 Å². The highest BCUT2D eigenvalue weighted by molar-refractivity contribution is 6.31. The highest BCUT2D eigenvalue weighted by atomic mass is 35.5. The zero-order chi connectivity index (χ0) is 8.97. The van der Waals surface area contributed by atoms with E-state index >= 15 is 0 Å². The van der Waals surface area contributed by atoms with Gasteiger partial charge in [0, 0.05) is 7.11 Å². The molecule has 0 saturated heterocycles. The molecule has 0 amide bonds. The molecule has 0 atom stereocenters. The molecule has 0 aliphatic heterocycles. The molecule has 0 aliphatic carbocycles. The van der Waals surface area contributed by atoms with E-state index in [9.17, 15) is 0 Å². The number of methoxy groups -OCH3 is 2. The zero-order valence-electron chi connectivity index (χ0n) is 7.08. The molecule has 4 nitrogen and oxygen atoms in total. The van der Waals surface area contributed by atoms with Gasteiger partial charge in [-0.1, -0.05) is 11.6 Å². The van der Waals surface area contributed by atoms with Crippen LogP contribution in [0.3, 0.4) is 0 Å². The van der Waals surface area contributed by atoms with Gasteiger partial charge in [0.15, 0.2) is 10.9 Å². The summed E-state index contributed by atoms with van der Waals surface area (Å²) in [5.41, 5.74) is 0. The normalized spacial score (nSPS) is 10.2. The Morgan fingerprint density at radius 1 is 1.58 bits per heavy atom. The van der Waals surface area contributed by atoms with E-state index in [-0.39, 0.29) is 0 Å². The summed E-state index contributed by atoms with van der Waals surface area (Å²) in [7, 11) is 3.19. The first-order valence-corrected chi connectivity index (χ1v) is 3.91. The highest BCUT2D eigenvalue weighted by Gasteiger charge is 2.06. The van der Waals surface area contributed by atoms with Crippen LogP contribution in [0.25, 0.3) is 0 Å². The van der Waals surface area contributed by atoms with Crippen LogP contribution < -0.4 is 4.74 Å². The Balaban J connectivity index is 2.66. The van der Waals surface area contributed by atoms with Crippen molar-refractivity contribution in [3.63, 3.8) is 0 Å². The molecule has 12 heavy (non-hydrogen) atoms.